The van der Waals surface area contributed by atoms with Crippen LogP contribution in [0, 0.1) is 17.6 Å². The molecule has 10 rings (SSSR count). The molecule has 0 spiro atoms. The fourth-order valence-electron chi connectivity index (χ4n) is 10.5. The number of nitrogens with one attached hydrogen (secondary N) is 3. The highest BCUT2D eigenvalue weighted by atomic mass is 32.2. The van der Waals surface area contributed by atoms with E-state index >= 15 is 8.78 Å². The second-order valence-corrected chi connectivity index (χ2v) is 20.3. The molecule has 3 N–H and O–H groups in total. The number of halogens is 3. The van der Waals surface area contributed by atoms with Crippen molar-refractivity contribution in [1.82, 2.24) is 29.4 Å². The third kappa shape index (κ3) is 8.89. The van der Waals surface area contributed by atoms with Crippen LogP contribution in [-0.4, -0.2) is 134 Å². The van der Waals surface area contributed by atoms with Gasteiger partial charge in [0.1, 0.15) is 29.4 Å². The summed E-state index contributed by atoms with van der Waals surface area (Å²) < 4.78 is 79.0. The Hall–Kier alpha value is -6.51. The maximum Gasteiger partial charge on any atom is 0.301 e. The Balaban J connectivity index is 0.747. The molecular formula is C49H52F3N9O7S. The lowest BCUT2D eigenvalue weighted by molar-refractivity contribution is -0.136. The largest absolute Gasteiger partial charge is 0.496 e. The van der Waals surface area contributed by atoms with E-state index in [0.717, 1.165) is 91.0 Å². The Morgan fingerprint density at radius 2 is 1.68 bits per heavy atom. The van der Waals surface area contributed by atoms with E-state index in [9.17, 15) is 32.0 Å². The number of imide groups is 1. The number of aromatic nitrogens is 2. The lowest BCUT2D eigenvalue weighted by atomic mass is 9.94. The zero-order chi connectivity index (χ0) is 48.3. The van der Waals surface area contributed by atoms with Crippen LogP contribution in [-0.2, 0) is 26.3 Å². The summed E-state index contributed by atoms with van der Waals surface area (Å²) in [6.07, 6.45) is 4.18. The molecule has 3 atom stereocenters. The molecule has 5 aromatic rings. The van der Waals surface area contributed by atoms with Gasteiger partial charge in [-0.25, -0.2) is 18.2 Å². The van der Waals surface area contributed by atoms with E-state index in [4.69, 9.17) is 4.74 Å². The summed E-state index contributed by atoms with van der Waals surface area (Å²) in [5, 5.41) is 2.69. The zero-order valence-corrected chi connectivity index (χ0v) is 39.0. The zero-order valence-electron chi connectivity index (χ0n) is 38.1. The smallest absolute Gasteiger partial charge is 0.301 e. The van der Waals surface area contributed by atoms with E-state index < -0.39 is 57.0 Å². The molecule has 4 fully saturated rings. The molecule has 4 saturated heterocycles. The van der Waals surface area contributed by atoms with Crippen LogP contribution in [0.3, 0.4) is 0 Å². The highest BCUT2D eigenvalue weighted by Gasteiger charge is 2.41. The number of anilines is 3. The number of methoxy groups -OCH3 is 1. The summed E-state index contributed by atoms with van der Waals surface area (Å²) in [7, 11) is -2.81. The molecule has 69 heavy (non-hydrogen) atoms. The van der Waals surface area contributed by atoms with Gasteiger partial charge >= 0.3 is 10.2 Å². The molecular weight excluding hydrogens is 916 g/mol. The normalized spacial score (nSPS) is 21.8. The second kappa shape index (κ2) is 18.4. The van der Waals surface area contributed by atoms with Crippen molar-refractivity contribution in [1.29, 1.82) is 0 Å². The third-order valence-corrected chi connectivity index (χ3v) is 15.8. The Morgan fingerprint density at radius 3 is 2.39 bits per heavy atom. The second-order valence-electron chi connectivity index (χ2n) is 18.6. The van der Waals surface area contributed by atoms with Gasteiger partial charge in [-0.2, -0.15) is 12.7 Å². The van der Waals surface area contributed by atoms with Crippen LogP contribution in [0.5, 0.6) is 5.75 Å². The van der Waals surface area contributed by atoms with Crippen LogP contribution in [0.1, 0.15) is 70.9 Å². The summed E-state index contributed by atoms with van der Waals surface area (Å²) >= 11 is 0. The highest BCUT2D eigenvalue weighted by Crippen LogP contribution is 2.39. The number of carbonyl (C=O) groups is 4. The molecule has 5 aliphatic rings. The van der Waals surface area contributed by atoms with Gasteiger partial charge in [-0.15, -0.1) is 0 Å². The predicted molar refractivity (Wildman–Crippen MR) is 252 cm³/mol. The van der Waals surface area contributed by atoms with Crippen molar-refractivity contribution >= 4 is 61.8 Å². The van der Waals surface area contributed by atoms with Crippen LogP contribution in [0.2, 0.25) is 0 Å². The van der Waals surface area contributed by atoms with E-state index in [1.54, 1.807) is 24.3 Å². The molecule has 0 radical (unpaired) electrons. The minimum Gasteiger partial charge on any atom is -0.496 e. The number of aromatic amines is 1. The van der Waals surface area contributed by atoms with E-state index in [1.165, 1.54) is 6.20 Å². The summed E-state index contributed by atoms with van der Waals surface area (Å²) in [6, 6.07) is 15.0. The number of ether oxygens (including phenoxy) is 1. The maximum atomic E-state index is 15.8. The van der Waals surface area contributed by atoms with Crippen molar-refractivity contribution in [3.8, 4) is 16.9 Å². The summed E-state index contributed by atoms with van der Waals surface area (Å²) in [4.78, 5) is 67.9. The lowest BCUT2D eigenvalue weighted by Crippen LogP contribution is -2.53. The number of H-pyrrole nitrogens is 1. The van der Waals surface area contributed by atoms with E-state index in [-0.39, 0.29) is 55.9 Å². The first-order chi connectivity index (χ1) is 33.1. The predicted octanol–water partition coefficient (Wildman–Crippen LogP) is 5.64. The van der Waals surface area contributed by atoms with Crippen LogP contribution >= 0.6 is 0 Å². The minimum atomic E-state index is -4.36. The van der Waals surface area contributed by atoms with Gasteiger partial charge in [0.15, 0.2) is 5.82 Å². The van der Waals surface area contributed by atoms with Crippen molar-refractivity contribution in [2.24, 2.45) is 5.92 Å². The van der Waals surface area contributed by atoms with Crippen molar-refractivity contribution < 1.29 is 45.5 Å². The molecule has 7 heterocycles. The Kier molecular flexibility index (Phi) is 12.3. The first-order valence-corrected chi connectivity index (χ1v) is 24.7. The van der Waals surface area contributed by atoms with Gasteiger partial charge in [0, 0.05) is 118 Å². The number of pyridine rings is 1. The molecule has 0 aliphatic carbocycles. The first-order valence-electron chi connectivity index (χ1n) is 23.3. The monoisotopic (exact) mass is 967 g/mol. The lowest BCUT2D eigenvalue weighted by Gasteiger charge is -2.43. The number of hydrogen-bond acceptors (Lipinski definition) is 11. The highest BCUT2D eigenvalue weighted by molar-refractivity contribution is 7.90. The van der Waals surface area contributed by atoms with Crippen molar-refractivity contribution in [3.05, 3.63) is 101 Å². The number of ketones is 1. The van der Waals surface area contributed by atoms with Gasteiger partial charge in [-0.1, -0.05) is 12.1 Å². The fraction of sp³-hybridized carbons (Fsp3) is 0.408. The molecule has 1 unspecified atom stereocenters. The van der Waals surface area contributed by atoms with Gasteiger partial charge in [-0.05, 0) is 86.1 Å². The number of hydrogen-bond donors (Lipinski definition) is 3. The number of carbonyl (C=O) groups excluding carboxylic acids is 4. The molecule has 0 saturated carbocycles. The summed E-state index contributed by atoms with van der Waals surface area (Å²) in [5.41, 5.74) is 3.55. The number of amides is 3. The Labute approximate surface area is 396 Å². The molecule has 2 aromatic heterocycles. The molecule has 16 nitrogen and oxygen atoms in total. The van der Waals surface area contributed by atoms with Crippen molar-refractivity contribution in [3.63, 3.8) is 0 Å². The van der Waals surface area contributed by atoms with Crippen LogP contribution in [0.15, 0.2) is 67.0 Å². The topological polar surface area (TPSA) is 181 Å². The van der Waals surface area contributed by atoms with Crippen LogP contribution < -0.4 is 24.6 Å². The Bertz CT molecular complexity index is 2980. The number of benzene rings is 3. The summed E-state index contributed by atoms with van der Waals surface area (Å²) in [6.45, 7) is 7.34. The van der Waals surface area contributed by atoms with E-state index in [2.05, 4.69) is 36.9 Å². The van der Waals surface area contributed by atoms with Crippen molar-refractivity contribution in [2.75, 3.05) is 74.0 Å². The average Bonchev–Trinajstić information content (AvgIpc) is 4.07. The van der Waals surface area contributed by atoms with Gasteiger partial charge < -0.3 is 24.4 Å². The maximum absolute atomic E-state index is 15.8. The first kappa shape index (κ1) is 46.2. The molecule has 362 valence electrons. The van der Waals surface area contributed by atoms with Crippen LogP contribution in [0.25, 0.3) is 22.2 Å². The fourth-order valence-corrected chi connectivity index (χ4v) is 11.8. The number of rotatable bonds is 12. The number of fused-ring (bicyclic) bond motifs is 2. The third-order valence-electron chi connectivity index (χ3n) is 14.4. The number of nitrogens with zero attached hydrogens (tertiary/aromatic N) is 6. The van der Waals surface area contributed by atoms with Gasteiger partial charge in [0.25, 0.3) is 5.91 Å². The number of piperazine rings is 1. The Morgan fingerprint density at radius 1 is 0.899 bits per heavy atom. The average molecular weight is 968 g/mol. The van der Waals surface area contributed by atoms with Gasteiger partial charge in [-0.3, -0.25) is 34.1 Å². The quantitative estimate of drug-likeness (QED) is 0.104. The SMILES string of the molecule is COc1cc(N2CCN(CC3CCN(c4ccc(-c5cnc6[nH]cc(C(=O)c7c(F)ccc(NS(=O)(=O)N8CC[C@@H](F)C8)c7F)c6c5)cc4)CC3)[C@H](C)C2)cc2c1C(=O)N(C1CCC(=O)NC1=O)C2. The molecule has 3 aromatic carbocycles. The number of piperidine rings is 2. The summed E-state index contributed by atoms with van der Waals surface area (Å²) in [5.74, 6) is -3.56. The van der Waals surface area contributed by atoms with E-state index in [0.29, 0.717) is 40.2 Å². The van der Waals surface area contributed by atoms with Gasteiger partial charge in [0.2, 0.25) is 17.6 Å². The standard InChI is InChI=1S/C49H52F3N9O7S/c1-28-24-59(35-19-32-26-61(40-9-10-42(62)55-48(40)64)49(65)43(32)41(21-35)68-2)18-17-58(28)25-29-11-14-57(15-12-29)34-5-3-30(4-6-34)31-20-36-37(23-54-47(36)53-22-31)46(63)44-38(51)7-8-39(45(44)52)56-69(66,67)60-16-13-33(50)27-60/h3-8,19-23,28-29,33,40,56H,9-18,24-27H2,1-2H3,(H,53,54)(H,55,62,64)/t28-,33-,40?/m1/s1. The number of alkyl halides is 1. The molecule has 0 bridgehead atoms. The molecule has 20 heteroatoms. The molecule has 5 aliphatic heterocycles. The van der Waals surface area contributed by atoms with E-state index in [1.807, 2.05) is 41.1 Å². The van der Waals surface area contributed by atoms with Crippen molar-refractivity contribution in [2.45, 2.75) is 63.8 Å². The van der Waals surface area contributed by atoms with Crippen LogP contribution in [0.4, 0.5) is 30.2 Å². The minimum absolute atomic E-state index is 0.000830. The van der Waals surface area contributed by atoms with Gasteiger partial charge in [0.05, 0.1) is 23.9 Å². The molecule has 3 amide bonds.